The van der Waals surface area contributed by atoms with Crippen LogP contribution in [0, 0.1) is 5.92 Å². The van der Waals surface area contributed by atoms with Crippen molar-refractivity contribution in [1.29, 1.82) is 0 Å². The molecule has 2 N–H and O–H groups in total. The highest BCUT2D eigenvalue weighted by Gasteiger charge is 2.20. The molecule has 0 spiro atoms. The van der Waals surface area contributed by atoms with Crippen molar-refractivity contribution in [3.05, 3.63) is 45.3 Å². The number of rotatable bonds is 5. The van der Waals surface area contributed by atoms with Crippen LogP contribution in [-0.4, -0.2) is 39.8 Å². The van der Waals surface area contributed by atoms with Gasteiger partial charge in [-0.1, -0.05) is 6.92 Å². The number of hydrogen-bond donors (Lipinski definition) is 2. The van der Waals surface area contributed by atoms with Gasteiger partial charge in [0.2, 0.25) is 11.5 Å². The summed E-state index contributed by atoms with van der Waals surface area (Å²) in [6.07, 6.45) is 4.51. The first-order chi connectivity index (χ1) is 12.5. The zero-order chi connectivity index (χ0) is 18.5. The summed E-state index contributed by atoms with van der Waals surface area (Å²) in [5.74, 6) is 0.538. The van der Waals surface area contributed by atoms with E-state index in [-0.39, 0.29) is 17.4 Å². The molecule has 0 aromatic carbocycles. The third-order valence-electron chi connectivity index (χ3n) is 4.55. The van der Waals surface area contributed by atoms with Crippen molar-refractivity contribution < 1.29 is 9.59 Å². The van der Waals surface area contributed by atoms with Crippen LogP contribution in [0.25, 0.3) is 0 Å². The number of likely N-dealkylation sites (tertiary alicyclic amines) is 1. The Morgan fingerprint density at radius 1 is 1.35 bits per heavy atom. The summed E-state index contributed by atoms with van der Waals surface area (Å²) in [5, 5.41) is 5.04. The molecule has 0 radical (unpaired) electrons. The third kappa shape index (κ3) is 4.78. The first kappa shape index (κ1) is 18.3. The number of anilines is 1. The quantitative estimate of drug-likeness (QED) is 0.839. The van der Waals surface area contributed by atoms with Crippen LogP contribution in [0.3, 0.4) is 0 Å². The average molecular weight is 374 g/mol. The Kier molecular flexibility index (Phi) is 5.82. The smallest absolute Gasteiger partial charge is 0.258 e. The Morgan fingerprint density at radius 2 is 2.12 bits per heavy atom. The Bertz CT molecular complexity index is 816. The van der Waals surface area contributed by atoms with Crippen molar-refractivity contribution in [2.24, 2.45) is 5.92 Å². The molecule has 26 heavy (non-hydrogen) atoms. The zero-order valence-corrected chi connectivity index (χ0v) is 15.5. The summed E-state index contributed by atoms with van der Waals surface area (Å²) in [7, 11) is 0. The summed E-state index contributed by atoms with van der Waals surface area (Å²) in [4.78, 5) is 44.2. The maximum atomic E-state index is 12.3. The van der Waals surface area contributed by atoms with Crippen molar-refractivity contribution in [2.75, 3.05) is 18.4 Å². The number of pyridine rings is 1. The van der Waals surface area contributed by atoms with Crippen LogP contribution < -0.4 is 10.9 Å². The number of aromatic nitrogens is 2. The van der Waals surface area contributed by atoms with Crippen molar-refractivity contribution in [3.63, 3.8) is 0 Å². The van der Waals surface area contributed by atoms with Gasteiger partial charge in [0, 0.05) is 37.2 Å². The molecule has 0 saturated carbocycles. The van der Waals surface area contributed by atoms with Crippen LogP contribution in [-0.2, 0) is 11.2 Å². The van der Waals surface area contributed by atoms with Gasteiger partial charge in [0.25, 0.3) is 5.91 Å². The molecular weight excluding hydrogens is 352 g/mol. The average Bonchev–Trinajstić information content (AvgIpc) is 3.08. The molecule has 3 rings (SSSR count). The molecule has 2 aromatic heterocycles. The molecule has 1 saturated heterocycles. The van der Waals surface area contributed by atoms with E-state index in [0.29, 0.717) is 29.5 Å². The second kappa shape index (κ2) is 8.27. The van der Waals surface area contributed by atoms with Crippen LogP contribution in [0.4, 0.5) is 5.13 Å². The summed E-state index contributed by atoms with van der Waals surface area (Å²) in [5.41, 5.74) is 0.896. The Labute approximate surface area is 155 Å². The number of nitrogens with zero attached hydrogens (tertiary/aromatic N) is 2. The molecule has 2 amide bonds. The minimum Gasteiger partial charge on any atom is -0.343 e. The van der Waals surface area contributed by atoms with Gasteiger partial charge in [0.15, 0.2) is 5.13 Å². The minimum atomic E-state index is -0.333. The molecule has 1 fully saturated rings. The second-order valence-electron chi connectivity index (χ2n) is 6.60. The lowest BCUT2D eigenvalue weighted by molar-refractivity contribution is -0.132. The van der Waals surface area contributed by atoms with E-state index in [1.165, 1.54) is 29.7 Å². The molecule has 3 heterocycles. The van der Waals surface area contributed by atoms with Gasteiger partial charge in [-0.3, -0.25) is 19.7 Å². The molecule has 2 aromatic rings. The largest absolute Gasteiger partial charge is 0.343 e. The van der Waals surface area contributed by atoms with E-state index in [4.69, 9.17) is 0 Å². The van der Waals surface area contributed by atoms with E-state index < -0.39 is 0 Å². The Hall–Kier alpha value is -2.48. The summed E-state index contributed by atoms with van der Waals surface area (Å²) in [6, 6.07) is 2.76. The number of piperidine rings is 1. The van der Waals surface area contributed by atoms with E-state index in [9.17, 15) is 14.4 Å². The summed E-state index contributed by atoms with van der Waals surface area (Å²) >= 11 is 1.32. The molecule has 0 unspecified atom stereocenters. The van der Waals surface area contributed by atoms with Crippen molar-refractivity contribution >= 4 is 28.3 Å². The number of carbonyl (C=O) groups is 2. The maximum Gasteiger partial charge on any atom is 0.258 e. The molecule has 0 atom stereocenters. The van der Waals surface area contributed by atoms with Gasteiger partial charge >= 0.3 is 0 Å². The first-order valence-corrected chi connectivity index (χ1v) is 9.61. The fourth-order valence-electron chi connectivity index (χ4n) is 2.85. The number of amides is 2. The number of nitrogens with one attached hydrogen (secondary N) is 2. The standard InChI is InChI=1S/C18H22N4O3S/c1-12-6-8-22(9-7-12)16(24)5-3-14-11-26-18(20-14)21-17(25)13-2-4-15(23)19-10-13/h2,4,10-12H,3,5-9H2,1H3,(H,19,23)(H,20,21,25). The maximum absolute atomic E-state index is 12.3. The lowest BCUT2D eigenvalue weighted by Crippen LogP contribution is -2.38. The van der Waals surface area contributed by atoms with Crippen LogP contribution in [0.5, 0.6) is 0 Å². The van der Waals surface area contributed by atoms with Gasteiger partial charge < -0.3 is 9.88 Å². The fourth-order valence-corrected chi connectivity index (χ4v) is 3.59. The topological polar surface area (TPSA) is 95.2 Å². The first-order valence-electron chi connectivity index (χ1n) is 8.73. The van der Waals surface area contributed by atoms with Crippen molar-refractivity contribution in [3.8, 4) is 0 Å². The highest BCUT2D eigenvalue weighted by Crippen LogP contribution is 2.19. The molecule has 0 aliphatic carbocycles. The normalized spacial score (nSPS) is 15.0. The van der Waals surface area contributed by atoms with E-state index in [1.807, 2.05) is 10.3 Å². The SMILES string of the molecule is CC1CCN(C(=O)CCc2csc(NC(=O)c3ccc(=O)[nH]c3)n2)CC1. The number of hydrogen-bond acceptors (Lipinski definition) is 5. The van der Waals surface area contributed by atoms with Crippen LogP contribution in [0.1, 0.15) is 42.2 Å². The molecule has 1 aliphatic rings. The highest BCUT2D eigenvalue weighted by molar-refractivity contribution is 7.14. The number of H-pyrrole nitrogens is 1. The van der Waals surface area contributed by atoms with Gasteiger partial charge in [-0.15, -0.1) is 11.3 Å². The predicted molar refractivity (Wildman–Crippen MR) is 100 cm³/mol. The predicted octanol–water partition coefficient (Wildman–Crippen LogP) is 2.27. The lowest BCUT2D eigenvalue weighted by atomic mass is 9.99. The van der Waals surface area contributed by atoms with Crippen molar-refractivity contribution in [2.45, 2.75) is 32.6 Å². The molecule has 0 bridgehead atoms. The molecule has 8 heteroatoms. The summed E-state index contributed by atoms with van der Waals surface area (Å²) < 4.78 is 0. The Balaban J connectivity index is 1.50. The monoisotopic (exact) mass is 374 g/mol. The number of aromatic amines is 1. The lowest BCUT2D eigenvalue weighted by Gasteiger charge is -2.30. The van der Waals surface area contributed by atoms with Gasteiger partial charge in [0.1, 0.15) is 0 Å². The van der Waals surface area contributed by atoms with Gasteiger partial charge in [-0.2, -0.15) is 0 Å². The van der Waals surface area contributed by atoms with E-state index in [0.717, 1.165) is 31.6 Å². The summed E-state index contributed by atoms with van der Waals surface area (Å²) in [6.45, 7) is 3.91. The number of aryl methyl sites for hydroxylation is 1. The van der Waals surface area contributed by atoms with Crippen LogP contribution in [0.2, 0.25) is 0 Å². The number of thiazole rings is 1. The Morgan fingerprint density at radius 3 is 2.81 bits per heavy atom. The fraction of sp³-hybridized carbons (Fsp3) is 0.444. The second-order valence-corrected chi connectivity index (χ2v) is 7.46. The highest BCUT2D eigenvalue weighted by atomic mass is 32.1. The van der Waals surface area contributed by atoms with E-state index in [2.05, 4.69) is 22.2 Å². The molecular formula is C18H22N4O3S. The van der Waals surface area contributed by atoms with E-state index in [1.54, 1.807) is 0 Å². The molecule has 138 valence electrons. The molecule has 1 aliphatic heterocycles. The van der Waals surface area contributed by atoms with E-state index >= 15 is 0 Å². The van der Waals surface area contributed by atoms with Gasteiger partial charge in [0.05, 0.1) is 11.3 Å². The molecule has 7 nitrogen and oxygen atoms in total. The van der Waals surface area contributed by atoms with Crippen molar-refractivity contribution in [1.82, 2.24) is 14.9 Å². The minimum absolute atomic E-state index is 0.170. The third-order valence-corrected chi connectivity index (χ3v) is 5.36. The van der Waals surface area contributed by atoms with Gasteiger partial charge in [-0.05, 0) is 31.2 Å². The van der Waals surface area contributed by atoms with Gasteiger partial charge in [-0.25, -0.2) is 4.98 Å². The van der Waals surface area contributed by atoms with Crippen LogP contribution in [0.15, 0.2) is 28.5 Å². The zero-order valence-electron chi connectivity index (χ0n) is 14.7. The van der Waals surface area contributed by atoms with Crippen LogP contribution >= 0.6 is 11.3 Å². The number of carbonyl (C=O) groups excluding carboxylic acids is 2.